The summed E-state index contributed by atoms with van der Waals surface area (Å²) in [6, 6.07) is 15.2. The molecule has 0 saturated heterocycles. The van der Waals surface area contributed by atoms with Crippen molar-refractivity contribution in [2.24, 2.45) is 5.92 Å². The molecule has 0 bridgehead atoms. The molecule has 1 atom stereocenters. The van der Waals surface area contributed by atoms with E-state index >= 15 is 0 Å². The smallest absolute Gasteiger partial charge is 1.00 e. The van der Waals surface area contributed by atoms with Gasteiger partial charge in [-0.1, -0.05) is 85.1 Å². The van der Waals surface area contributed by atoms with Crippen LogP contribution >= 0.6 is 0 Å². The van der Waals surface area contributed by atoms with E-state index in [-0.39, 0.29) is 35.6 Å². The number of fused-ring (bicyclic) bond motifs is 3. The van der Waals surface area contributed by atoms with Crippen molar-refractivity contribution in [2.45, 2.75) is 79.6 Å². The Hall–Kier alpha value is -0.747. The van der Waals surface area contributed by atoms with Gasteiger partial charge < -0.3 is 24.8 Å². The molecule has 2 aromatic carbocycles. The van der Waals surface area contributed by atoms with Crippen molar-refractivity contribution in [3.05, 3.63) is 82.0 Å². The van der Waals surface area contributed by atoms with Gasteiger partial charge in [0, 0.05) is 0 Å². The van der Waals surface area contributed by atoms with E-state index in [0.29, 0.717) is 5.92 Å². The second-order valence-electron chi connectivity index (χ2n) is 10.7. The van der Waals surface area contributed by atoms with E-state index in [4.69, 9.17) is 0 Å². The van der Waals surface area contributed by atoms with Gasteiger partial charge in [0.05, 0.1) is 0 Å². The first-order valence-electron chi connectivity index (χ1n) is 11.2. The fourth-order valence-corrected chi connectivity index (χ4v) is 4.02. The van der Waals surface area contributed by atoms with Gasteiger partial charge in [-0.05, 0) is 28.4 Å². The summed E-state index contributed by atoms with van der Waals surface area (Å²) in [6.07, 6.45) is 6.55. The summed E-state index contributed by atoms with van der Waals surface area (Å²) in [4.78, 5) is 0. The number of hydrogen-bond acceptors (Lipinski definition) is 0. The monoisotopic (exact) mass is 558 g/mol. The summed E-state index contributed by atoms with van der Waals surface area (Å²) >= 11 is 1.30. The molecule has 4 rings (SSSR count). The standard InChI is InChI=1S/C21H25.C8H11.CH2.2ClH.Zr/c1-20(2,3)16-7-9-18-14(12-16)11-15-13-17(21(4,5)6)8-10-19(15)18;1-6-4-7(2)8(3)5-6;;;;/h7-10,12H,11H2,1-6H3;4,6H,1-3H3;1H2;2*1H;/q2*-1;;;;+2/p-2. The SMILES string of the molecule is CC(C)(C)c1[c-]c2c(cc1)-c1ccc(C(C)(C)C)cc1C2.CC1=[C-]C(C)C=C1C.[CH2]=[Zr+2].[Cl-].[Cl-]. The summed E-state index contributed by atoms with van der Waals surface area (Å²) in [7, 11) is 0. The van der Waals surface area contributed by atoms with Gasteiger partial charge >= 0.3 is 28.4 Å². The minimum Gasteiger partial charge on any atom is -1.00 e. The summed E-state index contributed by atoms with van der Waals surface area (Å²) in [5.74, 6) is 0.551. The minimum atomic E-state index is 0. The number of allylic oxidation sites excluding steroid dienone is 4. The van der Waals surface area contributed by atoms with Crippen LogP contribution in [0.25, 0.3) is 11.1 Å². The normalized spacial score (nSPS) is 15.8. The molecule has 1 unspecified atom stereocenters. The molecule has 2 aliphatic rings. The molecule has 0 amide bonds. The van der Waals surface area contributed by atoms with Crippen LogP contribution in [0.1, 0.15) is 84.6 Å². The predicted octanol–water partition coefficient (Wildman–Crippen LogP) is 1.96. The molecule has 2 aliphatic carbocycles. The molecule has 0 N–H and O–H groups in total. The average Bonchev–Trinajstić information content (AvgIpc) is 3.19. The Morgan fingerprint density at radius 3 is 1.88 bits per heavy atom. The molecule has 0 fully saturated rings. The molecule has 178 valence electrons. The van der Waals surface area contributed by atoms with E-state index in [9.17, 15) is 0 Å². The van der Waals surface area contributed by atoms with Gasteiger partial charge in [0.15, 0.2) is 0 Å². The molecule has 0 aromatic heterocycles. The van der Waals surface area contributed by atoms with Crippen LogP contribution in [0.5, 0.6) is 0 Å². The fourth-order valence-electron chi connectivity index (χ4n) is 4.02. The zero-order valence-corrected chi connectivity index (χ0v) is 25.7. The second-order valence-corrected chi connectivity index (χ2v) is 10.7. The first-order valence-corrected chi connectivity index (χ1v) is 12.9. The van der Waals surface area contributed by atoms with E-state index in [2.05, 4.69) is 115 Å². The molecule has 0 heterocycles. The second kappa shape index (κ2) is 12.8. The van der Waals surface area contributed by atoms with Crippen LogP contribution in [0, 0.1) is 18.1 Å². The van der Waals surface area contributed by atoms with Gasteiger partial charge in [-0.3, -0.25) is 6.08 Å². The largest absolute Gasteiger partial charge is 1.00 e. The Balaban J connectivity index is 0.000000726. The van der Waals surface area contributed by atoms with E-state index in [1.54, 1.807) is 0 Å². The van der Waals surface area contributed by atoms with Crippen LogP contribution in [0.15, 0.2) is 47.6 Å². The molecule has 33 heavy (non-hydrogen) atoms. The predicted molar refractivity (Wildman–Crippen MR) is 133 cm³/mol. The van der Waals surface area contributed by atoms with Crippen LogP contribution in [-0.2, 0) is 41.5 Å². The van der Waals surface area contributed by atoms with Gasteiger partial charge in [-0.2, -0.15) is 29.8 Å². The van der Waals surface area contributed by atoms with Crippen molar-refractivity contribution in [3.8, 4) is 11.1 Å². The average molecular weight is 561 g/mol. The Morgan fingerprint density at radius 2 is 1.45 bits per heavy atom. The van der Waals surface area contributed by atoms with Crippen molar-refractivity contribution >= 4 is 4.21 Å². The topological polar surface area (TPSA) is 0 Å². The molecule has 2 aromatic rings. The van der Waals surface area contributed by atoms with Gasteiger partial charge in [-0.15, -0.1) is 18.1 Å². The molecule has 0 aliphatic heterocycles. The summed E-state index contributed by atoms with van der Waals surface area (Å²) < 4.78 is 3.34. The third-order valence-electron chi connectivity index (χ3n) is 6.00. The molecule has 0 saturated carbocycles. The maximum Gasteiger partial charge on any atom is -1.00 e. The summed E-state index contributed by atoms with van der Waals surface area (Å²) in [5, 5.41) is 0. The maximum absolute atomic E-state index is 3.67. The third kappa shape index (κ3) is 8.16. The molecule has 3 heteroatoms. The Bertz CT molecular complexity index is 921. The van der Waals surface area contributed by atoms with Crippen LogP contribution in [-0.4, -0.2) is 4.21 Å². The van der Waals surface area contributed by atoms with Crippen molar-refractivity contribution in [2.75, 3.05) is 0 Å². The Morgan fingerprint density at radius 1 is 0.879 bits per heavy atom. The van der Waals surface area contributed by atoms with Crippen molar-refractivity contribution < 1.29 is 49.0 Å². The van der Waals surface area contributed by atoms with Gasteiger partial charge in [-0.25, -0.2) is 11.1 Å². The third-order valence-corrected chi connectivity index (χ3v) is 6.00. The molecule has 0 spiro atoms. The van der Waals surface area contributed by atoms with Crippen LogP contribution < -0.4 is 24.8 Å². The van der Waals surface area contributed by atoms with E-state index < -0.39 is 0 Å². The molecular weight excluding hydrogens is 522 g/mol. The minimum absolute atomic E-state index is 0. The van der Waals surface area contributed by atoms with Crippen molar-refractivity contribution in [3.63, 3.8) is 0 Å². The Labute approximate surface area is 230 Å². The fraction of sp³-hybridized carbons (Fsp3) is 0.433. The van der Waals surface area contributed by atoms with E-state index in [1.165, 1.54) is 68.8 Å². The van der Waals surface area contributed by atoms with Gasteiger partial charge in [0.25, 0.3) is 0 Å². The molecule has 0 nitrogen and oxygen atoms in total. The van der Waals surface area contributed by atoms with Crippen LogP contribution in [0.3, 0.4) is 0 Å². The van der Waals surface area contributed by atoms with E-state index in [1.807, 2.05) is 0 Å². The molecular formula is C30H38Cl2Zr-2. The van der Waals surface area contributed by atoms with Gasteiger partial charge in [0.1, 0.15) is 0 Å². The zero-order valence-electron chi connectivity index (χ0n) is 21.7. The number of halogens is 2. The van der Waals surface area contributed by atoms with Gasteiger partial charge in [0.2, 0.25) is 0 Å². The summed E-state index contributed by atoms with van der Waals surface area (Å²) in [6.45, 7) is 20.0. The van der Waals surface area contributed by atoms with Crippen LogP contribution in [0.4, 0.5) is 0 Å². The number of rotatable bonds is 0. The molecule has 0 radical (unpaired) electrons. The first kappa shape index (κ1) is 32.3. The number of hydrogen-bond donors (Lipinski definition) is 0. The van der Waals surface area contributed by atoms with E-state index in [0.717, 1.165) is 6.42 Å². The number of benzene rings is 2. The Kier molecular flexibility index (Phi) is 12.5. The zero-order chi connectivity index (χ0) is 23.6. The summed E-state index contributed by atoms with van der Waals surface area (Å²) in [5.41, 5.74) is 11.4. The maximum atomic E-state index is 3.67. The van der Waals surface area contributed by atoms with Crippen molar-refractivity contribution in [1.82, 2.24) is 0 Å². The quantitative estimate of drug-likeness (QED) is 0.369. The van der Waals surface area contributed by atoms with Crippen molar-refractivity contribution in [1.29, 1.82) is 0 Å². The first-order chi connectivity index (χ1) is 14.4. The van der Waals surface area contributed by atoms with Crippen LogP contribution in [0.2, 0.25) is 0 Å².